The number of nitrogens with two attached hydrogens (primary N) is 1. The molecule has 2 nitrogen and oxygen atoms in total. The lowest BCUT2D eigenvalue weighted by Gasteiger charge is -2.18. The smallest absolute Gasteiger partial charge is 0.0511 e. The molecule has 1 unspecified atom stereocenters. The van der Waals surface area contributed by atoms with Gasteiger partial charge in [-0.05, 0) is 37.0 Å². The topological polar surface area (TPSA) is 38.0 Å². The third kappa shape index (κ3) is 3.34. The van der Waals surface area contributed by atoms with Crippen molar-refractivity contribution in [1.29, 1.82) is 0 Å². The first-order valence-electron chi connectivity index (χ1n) is 5.47. The van der Waals surface area contributed by atoms with Crippen molar-refractivity contribution in [2.45, 2.75) is 32.7 Å². The summed E-state index contributed by atoms with van der Waals surface area (Å²) in [6, 6.07) is 6.06. The summed E-state index contributed by atoms with van der Waals surface area (Å²) in [5.41, 5.74) is 6.15. The van der Waals surface area contributed by atoms with E-state index in [4.69, 9.17) is 17.4 Å². The van der Waals surface area contributed by atoms with Gasteiger partial charge in [-0.15, -0.1) is 0 Å². The SMILES string of the molecule is C=C(CC)CC(NN)c1ccc(C)cc1Cl. The molecule has 0 fully saturated rings. The third-order valence-electron chi connectivity index (χ3n) is 2.73. The van der Waals surface area contributed by atoms with E-state index in [2.05, 4.69) is 18.9 Å². The Kier molecular flexibility index (Phi) is 5.00. The summed E-state index contributed by atoms with van der Waals surface area (Å²) < 4.78 is 0. The number of hydrogen-bond acceptors (Lipinski definition) is 2. The van der Waals surface area contributed by atoms with E-state index in [9.17, 15) is 0 Å². The fourth-order valence-electron chi connectivity index (χ4n) is 1.61. The van der Waals surface area contributed by atoms with Gasteiger partial charge < -0.3 is 0 Å². The molecule has 0 heterocycles. The molecule has 0 aliphatic heterocycles. The molecule has 0 amide bonds. The number of hydrogen-bond donors (Lipinski definition) is 2. The number of rotatable bonds is 5. The minimum atomic E-state index is 0.0422. The summed E-state index contributed by atoms with van der Waals surface area (Å²) in [4.78, 5) is 0. The molecule has 1 rings (SSSR count). The van der Waals surface area contributed by atoms with Gasteiger partial charge in [0.2, 0.25) is 0 Å². The van der Waals surface area contributed by atoms with Crippen LogP contribution in [-0.4, -0.2) is 0 Å². The van der Waals surface area contributed by atoms with E-state index in [1.165, 1.54) is 5.57 Å². The maximum Gasteiger partial charge on any atom is 0.0511 e. The molecule has 0 bridgehead atoms. The van der Waals surface area contributed by atoms with Gasteiger partial charge in [-0.25, -0.2) is 0 Å². The van der Waals surface area contributed by atoms with E-state index in [0.29, 0.717) is 0 Å². The molecule has 0 spiro atoms. The first-order chi connectivity index (χ1) is 7.58. The van der Waals surface area contributed by atoms with Crippen molar-refractivity contribution in [2.24, 2.45) is 5.84 Å². The normalized spacial score (nSPS) is 12.5. The van der Waals surface area contributed by atoms with Crippen molar-refractivity contribution < 1.29 is 0 Å². The molecular weight excluding hydrogens is 220 g/mol. The van der Waals surface area contributed by atoms with Gasteiger partial charge in [0.25, 0.3) is 0 Å². The molecule has 0 aromatic heterocycles. The van der Waals surface area contributed by atoms with Crippen LogP contribution in [0.5, 0.6) is 0 Å². The molecule has 16 heavy (non-hydrogen) atoms. The lowest BCUT2D eigenvalue weighted by atomic mass is 9.98. The molecule has 0 aliphatic rings. The van der Waals surface area contributed by atoms with Crippen LogP contribution in [-0.2, 0) is 0 Å². The molecule has 0 saturated carbocycles. The van der Waals surface area contributed by atoms with Crippen LogP contribution < -0.4 is 11.3 Å². The second-order valence-corrected chi connectivity index (χ2v) is 4.46. The Bertz CT molecular complexity index is 374. The largest absolute Gasteiger partial charge is 0.271 e. The number of aryl methyl sites for hydroxylation is 1. The van der Waals surface area contributed by atoms with Crippen LogP contribution >= 0.6 is 11.6 Å². The first-order valence-corrected chi connectivity index (χ1v) is 5.85. The van der Waals surface area contributed by atoms with Gasteiger partial charge in [0, 0.05) is 5.02 Å². The average molecular weight is 239 g/mol. The minimum absolute atomic E-state index is 0.0422. The zero-order valence-electron chi connectivity index (χ0n) is 9.89. The second-order valence-electron chi connectivity index (χ2n) is 4.05. The highest BCUT2D eigenvalue weighted by Gasteiger charge is 2.13. The predicted octanol–water partition coefficient (Wildman–Crippen LogP) is 3.51. The molecule has 3 heteroatoms. The van der Waals surface area contributed by atoms with Gasteiger partial charge in [-0.1, -0.05) is 42.8 Å². The molecule has 1 aromatic carbocycles. The fraction of sp³-hybridized carbons (Fsp3) is 0.385. The molecule has 0 saturated heterocycles. The number of halogens is 1. The van der Waals surface area contributed by atoms with E-state index in [1.807, 2.05) is 25.1 Å². The lowest BCUT2D eigenvalue weighted by molar-refractivity contribution is 0.545. The molecule has 88 valence electrons. The summed E-state index contributed by atoms with van der Waals surface area (Å²) >= 11 is 6.20. The van der Waals surface area contributed by atoms with Crippen LogP contribution in [0.2, 0.25) is 5.02 Å². The van der Waals surface area contributed by atoms with Crippen LogP contribution in [0.3, 0.4) is 0 Å². The molecule has 0 radical (unpaired) electrons. The van der Waals surface area contributed by atoms with Crippen molar-refractivity contribution in [1.82, 2.24) is 5.43 Å². The van der Waals surface area contributed by atoms with E-state index >= 15 is 0 Å². The zero-order chi connectivity index (χ0) is 12.1. The molecule has 3 N–H and O–H groups in total. The van der Waals surface area contributed by atoms with Gasteiger partial charge in [-0.2, -0.15) is 0 Å². The van der Waals surface area contributed by atoms with Crippen molar-refractivity contribution in [3.8, 4) is 0 Å². The van der Waals surface area contributed by atoms with Crippen molar-refractivity contribution in [2.75, 3.05) is 0 Å². The number of benzene rings is 1. The number of hydrazine groups is 1. The Hall–Kier alpha value is -0.830. The van der Waals surface area contributed by atoms with E-state index in [0.717, 1.165) is 29.0 Å². The summed E-state index contributed by atoms with van der Waals surface area (Å²) in [6.45, 7) is 8.10. The number of nitrogens with one attached hydrogen (secondary N) is 1. The van der Waals surface area contributed by atoms with Crippen molar-refractivity contribution in [3.05, 3.63) is 46.5 Å². The Morgan fingerprint density at radius 3 is 2.75 bits per heavy atom. The van der Waals surface area contributed by atoms with Crippen molar-refractivity contribution in [3.63, 3.8) is 0 Å². The van der Waals surface area contributed by atoms with E-state index < -0.39 is 0 Å². The predicted molar refractivity (Wildman–Crippen MR) is 70.3 cm³/mol. The first kappa shape index (κ1) is 13.2. The van der Waals surface area contributed by atoms with Crippen LogP contribution in [0.25, 0.3) is 0 Å². The van der Waals surface area contributed by atoms with E-state index in [1.54, 1.807) is 0 Å². The summed E-state index contributed by atoms with van der Waals surface area (Å²) in [6.07, 6.45) is 1.78. The third-order valence-corrected chi connectivity index (χ3v) is 3.05. The quantitative estimate of drug-likeness (QED) is 0.468. The fourth-order valence-corrected chi connectivity index (χ4v) is 1.97. The Morgan fingerprint density at radius 2 is 2.25 bits per heavy atom. The molecule has 1 aromatic rings. The molecule has 0 aliphatic carbocycles. The minimum Gasteiger partial charge on any atom is -0.271 e. The standard InChI is InChI=1S/C13H19ClN2/c1-4-9(2)8-13(16-15)11-6-5-10(3)7-12(11)14/h5-7,13,16H,2,4,8,15H2,1,3H3. The molecular formula is C13H19ClN2. The Morgan fingerprint density at radius 1 is 1.56 bits per heavy atom. The summed E-state index contributed by atoms with van der Waals surface area (Å²) in [5.74, 6) is 5.56. The van der Waals surface area contributed by atoms with Gasteiger partial charge in [0.1, 0.15) is 0 Å². The van der Waals surface area contributed by atoms with Gasteiger partial charge in [0.15, 0.2) is 0 Å². The summed E-state index contributed by atoms with van der Waals surface area (Å²) in [5, 5.41) is 0.756. The zero-order valence-corrected chi connectivity index (χ0v) is 10.6. The Labute approximate surface area is 102 Å². The molecule has 1 atom stereocenters. The lowest BCUT2D eigenvalue weighted by Crippen LogP contribution is -2.28. The highest BCUT2D eigenvalue weighted by molar-refractivity contribution is 6.31. The monoisotopic (exact) mass is 238 g/mol. The highest BCUT2D eigenvalue weighted by Crippen LogP contribution is 2.28. The second kappa shape index (κ2) is 6.04. The van der Waals surface area contributed by atoms with Gasteiger partial charge in [-0.3, -0.25) is 11.3 Å². The maximum atomic E-state index is 6.20. The maximum absolute atomic E-state index is 6.20. The van der Waals surface area contributed by atoms with E-state index in [-0.39, 0.29) is 6.04 Å². The van der Waals surface area contributed by atoms with Gasteiger partial charge >= 0.3 is 0 Å². The van der Waals surface area contributed by atoms with Crippen LogP contribution in [0.15, 0.2) is 30.4 Å². The summed E-state index contributed by atoms with van der Waals surface area (Å²) in [7, 11) is 0. The Balaban J connectivity index is 2.90. The van der Waals surface area contributed by atoms with Crippen LogP contribution in [0, 0.1) is 6.92 Å². The van der Waals surface area contributed by atoms with Gasteiger partial charge in [0.05, 0.1) is 6.04 Å². The average Bonchev–Trinajstić information content (AvgIpc) is 2.26. The van der Waals surface area contributed by atoms with Crippen LogP contribution in [0.4, 0.5) is 0 Å². The van der Waals surface area contributed by atoms with Crippen LogP contribution in [0.1, 0.15) is 36.9 Å². The highest BCUT2D eigenvalue weighted by atomic mass is 35.5. The van der Waals surface area contributed by atoms with Crippen molar-refractivity contribution >= 4 is 11.6 Å².